The van der Waals surface area contributed by atoms with E-state index >= 15 is 0 Å². The van der Waals surface area contributed by atoms with Crippen LogP contribution in [0.1, 0.15) is 30.6 Å². The van der Waals surface area contributed by atoms with Gasteiger partial charge in [0.1, 0.15) is 17.8 Å². The zero-order chi connectivity index (χ0) is 22.6. The van der Waals surface area contributed by atoms with E-state index in [2.05, 4.69) is 24.7 Å². The zero-order valence-corrected chi connectivity index (χ0v) is 17.8. The van der Waals surface area contributed by atoms with E-state index in [9.17, 15) is 17.6 Å². The number of hydrogen-bond acceptors (Lipinski definition) is 8. The Balaban J connectivity index is 1.89. The van der Waals surface area contributed by atoms with Crippen LogP contribution < -0.4 is 15.4 Å². The van der Waals surface area contributed by atoms with Crippen LogP contribution in [-0.4, -0.2) is 51.7 Å². The normalized spacial score (nSPS) is 21.5. The van der Waals surface area contributed by atoms with Crippen molar-refractivity contribution in [2.45, 2.75) is 19.3 Å². The van der Waals surface area contributed by atoms with E-state index in [-0.39, 0.29) is 31.0 Å². The van der Waals surface area contributed by atoms with Gasteiger partial charge < -0.3 is 10.6 Å². The predicted octanol–water partition coefficient (Wildman–Crippen LogP) is 3.13. The first-order valence-electron chi connectivity index (χ1n) is 9.52. The molecule has 0 radical (unpaired) electrons. The third-order valence-electron chi connectivity index (χ3n) is 5.17. The summed E-state index contributed by atoms with van der Waals surface area (Å²) >= 11 is 1.29. The molecule has 0 aliphatic carbocycles. The van der Waals surface area contributed by atoms with Crippen molar-refractivity contribution in [2.75, 3.05) is 30.8 Å². The molecule has 1 aliphatic heterocycles. The maximum atomic E-state index is 14.6. The lowest BCUT2D eigenvalue weighted by Crippen LogP contribution is -2.55. The fourth-order valence-corrected chi connectivity index (χ4v) is 3.82. The second-order valence-electron chi connectivity index (χ2n) is 7.18. The molecule has 2 unspecified atom stereocenters. The molecule has 2 atom stereocenters. The lowest BCUT2D eigenvalue weighted by Gasteiger charge is -2.43. The van der Waals surface area contributed by atoms with E-state index in [0.717, 1.165) is 6.07 Å². The highest BCUT2D eigenvalue weighted by Crippen LogP contribution is 2.39. The third kappa shape index (κ3) is 5.06. The predicted molar refractivity (Wildman–Crippen MR) is 112 cm³/mol. The summed E-state index contributed by atoms with van der Waals surface area (Å²) in [5, 5.41) is 0. The highest BCUT2D eigenvalue weighted by Gasteiger charge is 2.49. The summed E-state index contributed by atoms with van der Waals surface area (Å²) in [6, 6.07) is 2.69. The van der Waals surface area contributed by atoms with Crippen LogP contribution in [-0.2, 0) is 0 Å². The van der Waals surface area contributed by atoms with E-state index in [1.54, 1.807) is 17.2 Å². The van der Waals surface area contributed by atoms with Gasteiger partial charge in [0.2, 0.25) is 0 Å². The Morgan fingerprint density at radius 3 is 2.81 bits per heavy atom. The number of halogens is 4. The van der Waals surface area contributed by atoms with Crippen LogP contribution in [0.2, 0.25) is 0 Å². The van der Waals surface area contributed by atoms with Crippen LogP contribution in [0.5, 0.6) is 0 Å². The highest BCUT2D eigenvalue weighted by molar-refractivity contribution is 7.96. The summed E-state index contributed by atoms with van der Waals surface area (Å²) in [6.45, 7) is 1.86. The van der Waals surface area contributed by atoms with Gasteiger partial charge >= 0.3 is 0 Å². The molecule has 3 rings (SSSR count). The lowest BCUT2D eigenvalue weighted by atomic mass is 9.86. The fourth-order valence-electron chi connectivity index (χ4n) is 3.45. The quantitative estimate of drug-likeness (QED) is 0.484. The van der Waals surface area contributed by atoms with E-state index in [1.807, 2.05) is 0 Å². The second kappa shape index (κ2) is 9.77. The Morgan fingerprint density at radius 1 is 1.35 bits per heavy atom. The van der Waals surface area contributed by atoms with Crippen molar-refractivity contribution >= 4 is 23.3 Å². The Hall–Kier alpha value is -2.47. The average molecular weight is 458 g/mol. The Bertz CT molecular complexity index is 928. The molecule has 1 aliphatic rings. The van der Waals surface area contributed by atoms with E-state index in [4.69, 9.17) is 5.73 Å². The van der Waals surface area contributed by atoms with Crippen LogP contribution in [0.3, 0.4) is 0 Å². The summed E-state index contributed by atoms with van der Waals surface area (Å²) < 4.78 is 58.2. The van der Waals surface area contributed by atoms with E-state index < -0.39 is 29.9 Å². The van der Waals surface area contributed by atoms with Crippen molar-refractivity contribution in [2.24, 2.45) is 17.6 Å². The molecule has 168 valence electrons. The summed E-state index contributed by atoms with van der Waals surface area (Å²) in [7, 11) is 0. The first kappa shape index (κ1) is 23.2. The van der Waals surface area contributed by atoms with Crippen LogP contribution in [0, 0.1) is 11.8 Å². The second-order valence-corrected chi connectivity index (χ2v) is 7.87. The summed E-state index contributed by atoms with van der Waals surface area (Å²) in [6.07, 6.45) is 2.69. The van der Waals surface area contributed by atoms with Crippen LogP contribution >= 0.6 is 11.9 Å². The number of aromatic nitrogens is 4. The van der Waals surface area contributed by atoms with Gasteiger partial charge in [-0.05, 0) is 12.3 Å². The minimum absolute atomic E-state index is 0.00876. The van der Waals surface area contributed by atoms with Gasteiger partial charge in [-0.1, -0.05) is 18.9 Å². The molecular weight excluding hydrogens is 434 g/mol. The van der Waals surface area contributed by atoms with Crippen molar-refractivity contribution in [1.29, 1.82) is 0 Å². The molecule has 0 bridgehead atoms. The number of piperidine rings is 1. The maximum absolute atomic E-state index is 14.6. The highest BCUT2D eigenvalue weighted by atomic mass is 32.2. The first-order valence-corrected chi connectivity index (χ1v) is 10.7. The van der Waals surface area contributed by atoms with Gasteiger partial charge in [0.05, 0.1) is 17.2 Å². The van der Waals surface area contributed by atoms with Gasteiger partial charge in [-0.2, -0.15) is 0 Å². The van der Waals surface area contributed by atoms with Crippen molar-refractivity contribution in [3.8, 4) is 0 Å². The van der Waals surface area contributed by atoms with Crippen molar-refractivity contribution in [1.82, 2.24) is 24.7 Å². The number of nitrogens with one attached hydrogen (secondary N) is 1. The first-order chi connectivity index (χ1) is 14.8. The van der Waals surface area contributed by atoms with Crippen molar-refractivity contribution in [3.63, 3.8) is 0 Å². The Labute approximate surface area is 181 Å². The SMILES string of the molecule is CSNCC1CN(c2cc(C(=CN)c3nccc(C(F)F)n3)ncn2)CC(C)C1(F)F. The third-order valence-corrected chi connectivity index (χ3v) is 5.63. The number of nitrogens with zero attached hydrogens (tertiary/aromatic N) is 5. The summed E-state index contributed by atoms with van der Waals surface area (Å²) in [5.74, 6) is -4.18. The van der Waals surface area contributed by atoms with Crippen LogP contribution in [0.4, 0.5) is 23.4 Å². The standard InChI is InChI=1S/C19H23F4N7S/c1-11-8-30(9-12(7-28-31-2)19(11,22)23)16-5-15(26-10-27-16)13(6-24)18-25-4-3-14(29-18)17(20)21/h3-6,10-12,17,28H,7-9,24H2,1-2H3. The Kier molecular flexibility index (Phi) is 7.31. The monoisotopic (exact) mass is 457 g/mol. The van der Waals surface area contributed by atoms with Gasteiger partial charge in [0.15, 0.2) is 5.82 Å². The summed E-state index contributed by atoms with van der Waals surface area (Å²) in [4.78, 5) is 18.0. The molecule has 0 saturated carbocycles. The zero-order valence-electron chi connectivity index (χ0n) is 17.0. The van der Waals surface area contributed by atoms with Crippen LogP contribution in [0.25, 0.3) is 5.57 Å². The van der Waals surface area contributed by atoms with Crippen LogP contribution in [0.15, 0.2) is 30.9 Å². The molecule has 2 aromatic heterocycles. The molecule has 3 N–H and O–H groups in total. The van der Waals surface area contributed by atoms with Gasteiger partial charge in [-0.15, -0.1) is 0 Å². The minimum Gasteiger partial charge on any atom is -0.404 e. The molecule has 7 nitrogen and oxygen atoms in total. The van der Waals surface area contributed by atoms with E-state index in [0.29, 0.717) is 11.5 Å². The molecule has 1 saturated heterocycles. The largest absolute Gasteiger partial charge is 0.404 e. The number of alkyl halides is 4. The smallest absolute Gasteiger partial charge is 0.280 e. The number of anilines is 1. The number of hydrogen-bond donors (Lipinski definition) is 2. The molecule has 31 heavy (non-hydrogen) atoms. The van der Waals surface area contributed by atoms with Gasteiger partial charge in [-0.25, -0.2) is 37.5 Å². The fraction of sp³-hybridized carbons (Fsp3) is 0.474. The molecular formula is C19H23F4N7S. The van der Waals surface area contributed by atoms with Crippen molar-refractivity contribution < 1.29 is 17.6 Å². The summed E-state index contributed by atoms with van der Waals surface area (Å²) in [5.41, 5.74) is 5.82. The topological polar surface area (TPSA) is 92.8 Å². The minimum atomic E-state index is -2.82. The molecule has 1 fully saturated rings. The molecule has 0 aromatic carbocycles. The maximum Gasteiger partial charge on any atom is 0.280 e. The average Bonchev–Trinajstić information content (AvgIpc) is 2.75. The van der Waals surface area contributed by atoms with Gasteiger partial charge in [-0.3, -0.25) is 4.72 Å². The van der Waals surface area contributed by atoms with Gasteiger partial charge in [0, 0.05) is 44.0 Å². The number of nitrogens with two attached hydrogens (primary N) is 1. The number of rotatable bonds is 7. The lowest BCUT2D eigenvalue weighted by molar-refractivity contribution is -0.108. The van der Waals surface area contributed by atoms with Gasteiger partial charge in [0.25, 0.3) is 12.3 Å². The molecule has 3 heterocycles. The molecule has 0 amide bonds. The molecule has 2 aromatic rings. The molecule has 0 spiro atoms. The Morgan fingerprint density at radius 2 is 2.13 bits per heavy atom. The molecule has 12 heteroatoms. The van der Waals surface area contributed by atoms with Crippen molar-refractivity contribution in [3.05, 3.63) is 48.1 Å². The van der Waals surface area contributed by atoms with E-state index in [1.165, 1.54) is 37.6 Å².